The number of nitrogens with zero attached hydrogens (tertiary/aromatic N) is 2. The highest BCUT2D eigenvalue weighted by Gasteiger charge is 2.09. The molecular weight excluding hydrogens is 460 g/mol. The van der Waals surface area contributed by atoms with E-state index in [9.17, 15) is 4.39 Å². The minimum Gasteiger partial charge on any atom is -0.361 e. The lowest BCUT2D eigenvalue weighted by atomic mass is 10.1. The number of nitrogens with one attached hydrogen (secondary N) is 3. The Hall–Kier alpha value is -2.10. The molecule has 3 N–H and O–H groups in total. The van der Waals surface area contributed by atoms with Crippen molar-refractivity contribution in [3.05, 3.63) is 53.3 Å². The van der Waals surface area contributed by atoms with Crippen molar-refractivity contribution in [3.63, 3.8) is 0 Å². The molecule has 0 aliphatic carbocycles. The van der Waals surface area contributed by atoms with Gasteiger partial charge in [0.1, 0.15) is 5.82 Å². The van der Waals surface area contributed by atoms with E-state index in [1.165, 1.54) is 6.07 Å². The van der Waals surface area contributed by atoms with E-state index in [-0.39, 0.29) is 29.8 Å². The van der Waals surface area contributed by atoms with Crippen LogP contribution in [0, 0.1) is 5.82 Å². The molecule has 3 rings (SSSR count). The molecule has 1 aromatic carbocycles. The van der Waals surface area contributed by atoms with Crippen LogP contribution in [-0.4, -0.2) is 29.7 Å². The van der Waals surface area contributed by atoms with Crippen LogP contribution < -0.4 is 10.6 Å². The molecule has 2 heterocycles. The molecule has 0 fully saturated rings. The first-order valence-corrected chi connectivity index (χ1v) is 8.72. The topological polar surface area (TPSA) is 78.2 Å². The molecule has 0 spiro atoms. The number of rotatable bonds is 6. The van der Waals surface area contributed by atoms with Crippen molar-refractivity contribution in [1.29, 1.82) is 0 Å². The molecule has 0 unspecified atom stereocenters. The molecule has 8 heteroatoms. The first-order valence-electron chi connectivity index (χ1n) is 8.72. The summed E-state index contributed by atoms with van der Waals surface area (Å²) in [6, 6.07) is 6.72. The number of aromatic nitrogens is 2. The SMILES string of the molecule is CN=C(NCCc1c[nH]c2ccc(F)cc12)NCc1cc(C(C)C)no1.I. The van der Waals surface area contributed by atoms with Gasteiger partial charge in [0.2, 0.25) is 0 Å². The fourth-order valence-electron chi connectivity index (χ4n) is 2.75. The third kappa shape index (κ3) is 5.44. The number of fused-ring (bicyclic) bond motifs is 1. The Balaban J connectivity index is 0.00000261. The maximum atomic E-state index is 13.4. The third-order valence-electron chi connectivity index (χ3n) is 4.24. The Morgan fingerprint density at radius 2 is 2.11 bits per heavy atom. The molecule has 0 saturated carbocycles. The van der Waals surface area contributed by atoms with Gasteiger partial charge in [-0.2, -0.15) is 0 Å². The van der Waals surface area contributed by atoms with Crippen molar-refractivity contribution >= 4 is 40.8 Å². The Kier molecular flexibility index (Phi) is 7.64. The van der Waals surface area contributed by atoms with Gasteiger partial charge in [-0.3, -0.25) is 4.99 Å². The summed E-state index contributed by atoms with van der Waals surface area (Å²) in [7, 11) is 1.72. The predicted octanol–water partition coefficient (Wildman–Crippen LogP) is 3.94. The van der Waals surface area contributed by atoms with Crippen molar-refractivity contribution in [3.8, 4) is 0 Å². The van der Waals surface area contributed by atoms with Gasteiger partial charge in [-0.25, -0.2) is 4.39 Å². The van der Waals surface area contributed by atoms with Crippen molar-refractivity contribution in [2.24, 2.45) is 4.99 Å². The summed E-state index contributed by atoms with van der Waals surface area (Å²) in [5, 5.41) is 11.4. The molecular formula is C19H25FIN5O. The maximum absolute atomic E-state index is 13.4. The monoisotopic (exact) mass is 485 g/mol. The van der Waals surface area contributed by atoms with E-state index in [0.717, 1.165) is 34.3 Å². The molecule has 0 aliphatic heterocycles. The van der Waals surface area contributed by atoms with Gasteiger partial charge < -0.3 is 20.1 Å². The van der Waals surface area contributed by atoms with Crippen LogP contribution in [0.3, 0.4) is 0 Å². The minimum absolute atomic E-state index is 0. The summed E-state index contributed by atoms with van der Waals surface area (Å²) in [5.74, 6) is 1.56. The Morgan fingerprint density at radius 3 is 2.81 bits per heavy atom. The maximum Gasteiger partial charge on any atom is 0.191 e. The van der Waals surface area contributed by atoms with Crippen molar-refractivity contribution in [2.45, 2.75) is 32.7 Å². The third-order valence-corrected chi connectivity index (χ3v) is 4.24. The highest BCUT2D eigenvalue weighted by Crippen LogP contribution is 2.19. The first kappa shape index (κ1) is 21.2. The number of aliphatic imine (C=N–C) groups is 1. The zero-order valence-electron chi connectivity index (χ0n) is 15.7. The van der Waals surface area contributed by atoms with E-state index in [1.54, 1.807) is 19.2 Å². The standard InChI is InChI=1S/C19H24FN5O.HI/c1-12(2)18-9-15(26-25-18)11-24-19(21-3)22-7-6-13-10-23-17-5-4-14(20)8-16(13)17;/h4-5,8-10,12,23H,6-7,11H2,1-3H3,(H2,21,22,24);1H. The van der Waals surface area contributed by atoms with Gasteiger partial charge in [0.25, 0.3) is 0 Å². The average Bonchev–Trinajstić information content (AvgIpc) is 3.25. The van der Waals surface area contributed by atoms with Gasteiger partial charge in [-0.1, -0.05) is 19.0 Å². The van der Waals surface area contributed by atoms with Crippen LogP contribution in [-0.2, 0) is 13.0 Å². The summed E-state index contributed by atoms with van der Waals surface area (Å²) < 4.78 is 18.7. The number of aromatic amines is 1. The van der Waals surface area contributed by atoms with E-state index in [1.807, 2.05) is 12.3 Å². The van der Waals surface area contributed by atoms with Crippen LogP contribution in [0.2, 0.25) is 0 Å². The van der Waals surface area contributed by atoms with Crippen LogP contribution >= 0.6 is 24.0 Å². The predicted molar refractivity (Wildman–Crippen MR) is 116 cm³/mol. The van der Waals surface area contributed by atoms with Crippen LogP contribution in [0.15, 0.2) is 40.0 Å². The highest BCUT2D eigenvalue weighted by atomic mass is 127. The van der Waals surface area contributed by atoms with E-state index < -0.39 is 0 Å². The molecule has 0 radical (unpaired) electrons. The zero-order valence-corrected chi connectivity index (χ0v) is 18.0. The van der Waals surface area contributed by atoms with E-state index in [0.29, 0.717) is 25.0 Å². The fraction of sp³-hybridized carbons (Fsp3) is 0.368. The molecule has 0 amide bonds. The Morgan fingerprint density at radius 1 is 1.30 bits per heavy atom. The smallest absolute Gasteiger partial charge is 0.191 e. The normalized spacial score (nSPS) is 11.7. The summed E-state index contributed by atoms with van der Waals surface area (Å²) in [5.41, 5.74) is 2.95. The van der Waals surface area contributed by atoms with Gasteiger partial charge in [0.05, 0.1) is 12.2 Å². The van der Waals surface area contributed by atoms with E-state index in [2.05, 4.69) is 39.6 Å². The number of benzene rings is 1. The second-order valence-corrected chi connectivity index (χ2v) is 6.48. The summed E-state index contributed by atoms with van der Waals surface area (Å²) in [4.78, 5) is 7.37. The summed E-state index contributed by atoms with van der Waals surface area (Å²) in [6.07, 6.45) is 2.67. The Labute approximate surface area is 175 Å². The second kappa shape index (κ2) is 9.72. The second-order valence-electron chi connectivity index (χ2n) is 6.48. The van der Waals surface area contributed by atoms with Crippen LogP contribution in [0.5, 0.6) is 0 Å². The van der Waals surface area contributed by atoms with E-state index in [4.69, 9.17) is 4.52 Å². The quantitative estimate of drug-likeness (QED) is 0.281. The molecule has 3 aromatic rings. The fourth-order valence-corrected chi connectivity index (χ4v) is 2.75. The van der Waals surface area contributed by atoms with Crippen LogP contribution in [0.4, 0.5) is 4.39 Å². The van der Waals surface area contributed by atoms with Crippen molar-refractivity contribution in [1.82, 2.24) is 20.8 Å². The number of hydrogen-bond acceptors (Lipinski definition) is 3. The Bertz CT molecular complexity index is 903. The summed E-state index contributed by atoms with van der Waals surface area (Å²) in [6.45, 7) is 5.34. The summed E-state index contributed by atoms with van der Waals surface area (Å²) >= 11 is 0. The van der Waals surface area contributed by atoms with E-state index >= 15 is 0 Å². The molecule has 0 aliphatic rings. The molecule has 0 bridgehead atoms. The number of guanidine groups is 1. The lowest BCUT2D eigenvalue weighted by Crippen LogP contribution is -2.37. The number of halogens is 2. The molecule has 0 atom stereocenters. The average molecular weight is 485 g/mol. The van der Waals surface area contributed by atoms with Gasteiger partial charge in [-0.05, 0) is 36.1 Å². The van der Waals surface area contributed by atoms with Gasteiger partial charge >= 0.3 is 0 Å². The number of H-pyrrole nitrogens is 1. The largest absolute Gasteiger partial charge is 0.361 e. The van der Waals surface area contributed by atoms with Crippen LogP contribution in [0.1, 0.15) is 36.8 Å². The molecule has 2 aromatic heterocycles. The minimum atomic E-state index is -0.225. The molecule has 146 valence electrons. The lowest BCUT2D eigenvalue weighted by molar-refractivity contribution is 0.372. The first-order chi connectivity index (χ1) is 12.6. The lowest BCUT2D eigenvalue weighted by Gasteiger charge is -2.10. The van der Waals surface area contributed by atoms with Gasteiger partial charge in [0, 0.05) is 36.8 Å². The van der Waals surface area contributed by atoms with Gasteiger partial charge in [-0.15, -0.1) is 24.0 Å². The van der Waals surface area contributed by atoms with Crippen molar-refractivity contribution in [2.75, 3.05) is 13.6 Å². The molecule has 6 nitrogen and oxygen atoms in total. The number of hydrogen-bond donors (Lipinski definition) is 3. The van der Waals surface area contributed by atoms with Crippen LogP contribution in [0.25, 0.3) is 10.9 Å². The van der Waals surface area contributed by atoms with Gasteiger partial charge in [0.15, 0.2) is 11.7 Å². The highest BCUT2D eigenvalue weighted by molar-refractivity contribution is 14.0. The molecule has 27 heavy (non-hydrogen) atoms. The van der Waals surface area contributed by atoms with Crippen molar-refractivity contribution < 1.29 is 8.91 Å². The zero-order chi connectivity index (χ0) is 18.5. The molecule has 0 saturated heterocycles.